The van der Waals surface area contributed by atoms with E-state index in [0.29, 0.717) is 6.42 Å². The number of carbonyl (C=O) groups is 3. The van der Waals surface area contributed by atoms with Gasteiger partial charge < -0.3 is 18.9 Å². The summed E-state index contributed by atoms with van der Waals surface area (Å²) in [5.74, 6) is -0.780. The molecule has 2 aromatic rings. The lowest BCUT2D eigenvalue weighted by Crippen LogP contribution is -2.31. The van der Waals surface area contributed by atoms with Crippen LogP contribution >= 0.6 is 0 Å². The minimum atomic E-state index is -0.894. The molecule has 0 heterocycles. The molecule has 2 aromatic carbocycles. The number of hydrogen-bond donors (Lipinski definition) is 0. The number of carbonyl (C=O) groups excluding carboxylic acids is 3. The van der Waals surface area contributed by atoms with Gasteiger partial charge in [-0.2, -0.15) is 0 Å². The van der Waals surface area contributed by atoms with E-state index in [2.05, 4.69) is 38.1 Å². The van der Waals surface area contributed by atoms with Gasteiger partial charge in [0.05, 0.1) is 0 Å². The molecule has 0 N–H and O–H groups in total. The Morgan fingerprint density at radius 3 is 1.18 bits per heavy atom. The number of benzene rings is 2. The highest BCUT2D eigenvalue weighted by Crippen LogP contribution is 2.44. The molecule has 1 unspecified atom stereocenters. The molecule has 0 amide bonds. The smallest absolute Gasteiger partial charge is 0.462 e. The minimum Gasteiger partial charge on any atom is -0.462 e. The third-order valence-corrected chi connectivity index (χ3v) is 12.4. The minimum absolute atomic E-state index is 0.0934. The van der Waals surface area contributed by atoms with Gasteiger partial charge in [0.1, 0.15) is 19.8 Å². The molecule has 7 heteroatoms. The number of fused-ring (bicyclic) bond motifs is 3. The summed E-state index contributed by atoms with van der Waals surface area (Å²) in [5, 5.41) is 0. The molecule has 0 spiro atoms. The van der Waals surface area contributed by atoms with Crippen molar-refractivity contribution < 1.29 is 33.3 Å². The molecular formula is C54H86O7. The van der Waals surface area contributed by atoms with Crippen LogP contribution < -0.4 is 0 Å². The first-order valence-corrected chi connectivity index (χ1v) is 25.4. The fourth-order valence-corrected chi connectivity index (χ4v) is 8.69. The maximum Gasteiger partial charge on any atom is 0.508 e. The van der Waals surface area contributed by atoms with Crippen LogP contribution in [0.2, 0.25) is 0 Å². The molecule has 7 nitrogen and oxygen atoms in total. The van der Waals surface area contributed by atoms with E-state index in [0.717, 1.165) is 60.8 Å². The first kappa shape index (κ1) is 52.0. The second-order valence-corrected chi connectivity index (χ2v) is 17.8. The lowest BCUT2D eigenvalue weighted by Gasteiger charge is -2.19. The molecule has 0 bridgehead atoms. The molecule has 0 saturated heterocycles. The van der Waals surface area contributed by atoms with Gasteiger partial charge in [0, 0.05) is 18.8 Å². The van der Waals surface area contributed by atoms with Gasteiger partial charge in [0.2, 0.25) is 0 Å². The molecule has 0 aliphatic heterocycles. The van der Waals surface area contributed by atoms with E-state index in [4.69, 9.17) is 18.9 Å². The van der Waals surface area contributed by atoms with Gasteiger partial charge in [-0.3, -0.25) is 9.59 Å². The normalized spacial score (nSPS) is 12.5. The van der Waals surface area contributed by atoms with Crippen LogP contribution in [0.4, 0.5) is 4.79 Å². The van der Waals surface area contributed by atoms with Crippen LogP contribution in [0, 0.1) is 0 Å². The third kappa shape index (κ3) is 24.2. The standard InChI is InChI=1S/C54H86O7/c1-3-5-7-9-11-13-15-17-19-21-23-25-27-29-31-41-52(55)58-43-46(61-53(56)42-32-30-28-26-24-22-20-18-16-14-12-10-8-6-4-2)44-59-54(57)60-45-51-49-39-35-33-37-47(49)48-38-34-36-40-50(48)51/h33-40,46,51H,3-32,41-45H2,1-2H3. The Labute approximate surface area is 372 Å². The number of hydrogen-bond acceptors (Lipinski definition) is 7. The molecule has 0 saturated carbocycles. The van der Waals surface area contributed by atoms with Crippen LogP contribution in [-0.2, 0) is 28.5 Å². The quantitative estimate of drug-likeness (QED) is 0.0376. The van der Waals surface area contributed by atoms with Crippen molar-refractivity contribution in [1.29, 1.82) is 0 Å². The number of ether oxygens (including phenoxy) is 4. The maximum atomic E-state index is 12.9. The Balaban J connectivity index is 1.31. The fraction of sp³-hybridized carbons (Fsp3) is 0.722. The fourth-order valence-electron chi connectivity index (χ4n) is 8.69. The van der Waals surface area contributed by atoms with E-state index < -0.39 is 12.3 Å². The zero-order valence-electron chi connectivity index (χ0n) is 38.9. The summed E-state index contributed by atoms with van der Waals surface area (Å²) >= 11 is 0. The van der Waals surface area contributed by atoms with E-state index >= 15 is 0 Å². The Bertz CT molecular complexity index is 1380. The molecule has 1 aliphatic rings. The van der Waals surface area contributed by atoms with Crippen LogP contribution in [0.1, 0.15) is 236 Å². The highest BCUT2D eigenvalue weighted by molar-refractivity contribution is 5.79. The SMILES string of the molecule is CCCCCCCCCCCCCCCCCC(=O)OCC(COC(=O)OCC1c2ccccc2-c2ccccc21)OC(=O)CCCCCCCCCCCCCCCCC. The molecule has 0 radical (unpaired) electrons. The Hall–Kier alpha value is -3.35. The maximum absolute atomic E-state index is 12.9. The summed E-state index contributed by atoms with van der Waals surface area (Å²) in [7, 11) is 0. The van der Waals surface area contributed by atoms with Crippen LogP contribution in [0.25, 0.3) is 11.1 Å². The molecule has 344 valence electrons. The van der Waals surface area contributed by atoms with Crippen molar-refractivity contribution >= 4 is 18.1 Å². The molecule has 1 atom stereocenters. The second kappa shape index (κ2) is 35.1. The summed E-state index contributed by atoms with van der Waals surface area (Å²) in [6.45, 7) is 4.27. The van der Waals surface area contributed by atoms with Gasteiger partial charge in [-0.15, -0.1) is 0 Å². The summed E-state index contributed by atoms with van der Waals surface area (Å²) in [5.41, 5.74) is 4.52. The van der Waals surface area contributed by atoms with Crippen molar-refractivity contribution in [2.75, 3.05) is 19.8 Å². The lowest BCUT2D eigenvalue weighted by molar-refractivity contribution is -0.162. The highest BCUT2D eigenvalue weighted by atomic mass is 16.7. The molecule has 1 aliphatic carbocycles. The molecule has 3 rings (SSSR count). The first-order chi connectivity index (χ1) is 30.0. The Kier molecular flexibility index (Phi) is 30.0. The van der Waals surface area contributed by atoms with E-state index in [1.807, 2.05) is 24.3 Å². The van der Waals surface area contributed by atoms with Gasteiger partial charge in [-0.1, -0.05) is 242 Å². The largest absolute Gasteiger partial charge is 0.508 e. The zero-order valence-corrected chi connectivity index (χ0v) is 38.9. The molecule has 61 heavy (non-hydrogen) atoms. The van der Waals surface area contributed by atoms with Crippen molar-refractivity contribution in [1.82, 2.24) is 0 Å². The molecule has 0 aromatic heterocycles. The Morgan fingerprint density at radius 2 is 0.770 bits per heavy atom. The number of esters is 2. The third-order valence-electron chi connectivity index (χ3n) is 12.4. The first-order valence-electron chi connectivity index (χ1n) is 25.4. The molecule has 0 fully saturated rings. The van der Waals surface area contributed by atoms with Crippen LogP contribution in [0.15, 0.2) is 48.5 Å². The average molecular weight is 847 g/mol. The lowest BCUT2D eigenvalue weighted by atomic mass is 9.98. The summed E-state index contributed by atoms with van der Waals surface area (Å²) < 4.78 is 22.4. The van der Waals surface area contributed by atoms with E-state index in [9.17, 15) is 14.4 Å². The van der Waals surface area contributed by atoms with Crippen LogP contribution in [-0.4, -0.2) is 44.0 Å². The topological polar surface area (TPSA) is 88.1 Å². The van der Waals surface area contributed by atoms with Gasteiger partial charge in [0.15, 0.2) is 6.10 Å². The summed E-state index contributed by atoms with van der Waals surface area (Å²) in [6.07, 6.45) is 36.7. The van der Waals surface area contributed by atoms with Crippen molar-refractivity contribution in [3.63, 3.8) is 0 Å². The predicted molar refractivity (Wildman–Crippen MR) is 251 cm³/mol. The number of rotatable bonds is 39. The summed E-state index contributed by atoms with van der Waals surface area (Å²) in [4.78, 5) is 38.5. The van der Waals surface area contributed by atoms with Crippen molar-refractivity contribution in [2.24, 2.45) is 0 Å². The zero-order chi connectivity index (χ0) is 43.4. The van der Waals surface area contributed by atoms with Gasteiger partial charge in [-0.25, -0.2) is 4.79 Å². The van der Waals surface area contributed by atoms with Gasteiger partial charge in [-0.05, 0) is 35.1 Å². The van der Waals surface area contributed by atoms with Gasteiger partial charge >= 0.3 is 18.1 Å². The van der Waals surface area contributed by atoms with Crippen molar-refractivity contribution in [3.8, 4) is 11.1 Å². The number of unbranched alkanes of at least 4 members (excludes halogenated alkanes) is 28. The van der Waals surface area contributed by atoms with E-state index in [-0.39, 0.29) is 44.1 Å². The van der Waals surface area contributed by atoms with E-state index in [1.165, 1.54) is 154 Å². The highest BCUT2D eigenvalue weighted by Gasteiger charge is 2.29. The van der Waals surface area contributed by atoms with Crippen molar-refractivity contribution in [3.05, 3.63) is 59.7 Å². The second-order valence-electron chi connectivity index (χ2n) is 17.8. The predicted octanol–water partition coefficient (Wildman–Crippen LogP) is 15.9. The van der Waals surface area contributed by atoms with Gasteiger partial charge in [0.25, 0.3) is 0 Å². The average Bonchev–Trinajstić information content (AvgIpc) is 3.59. The van der Waals surface area contributed by atoms with Crippen molar-refractivity contribution in [2.45, 2.75) is 231 Å². The summed E-state index contributed by atoms with van der Waals surface area (Å²) in [6, 6.07) is 16.3. The van der Waals surface area contributed by atoms with Crippen LogP contribution in [0.3, 0.4) is 0 Å². The van der Waals surface area contributed by atoms with Crippen LogP contribution in [0.5, 0.6) is 0 Å². The van der Waals surface area contributed by atoms with E-state index in [1.54, 1.807) is 0 Å². The molecular weight excluding hydrogens is 761 g/mol. The Morgan fingerprint density at radius 1 is 0.426 bits per heavy atom. The monoisotopic (exact) mass is 847 g/mol.